The maximum atomic E-state index is 12.2. The zero-order chi connectivity index (χ0) is 23.8. The molecule has 0 saturated carbocycles. The Morgan fingerprint density at radius 1 is 1.06 bits per heavy atom. The molecule has 1 heterocycles. The molecule has 7 nitrogen and oxygen atoms in total. The molecule has 0 bridgehead atoms. The van der Waals surface area contributed by atoms with Crippen molar-refractivity contribution in [2.45, 2.75) is 33.1 Å². The third-order valence-corrected chi connectivity index (χ3v) is 5.43. The van der Waals surface area contributed by atoms with Crippen LogP contribution in [0.5, 0.6) is 23.0 Å². The van der Waals surface area contributed by atoms with Crippen LogP contribution in [0.2, 0.25) is 0 Å². The predicted octanol–water partition coefficient (Wildman–Crippen LogP) is 5.68. The summed E-state index contributed by atoms with van der Waals surface area (Å²) < 4.78 is 16.8. The second kappa shape index (κ2) is 11.5. The summed E-state index contributed by atoms with van der Waals surface area (Å²) in [4.78, 5) is 16.6. The summed E-state index contributed by atoms with van der Waals surface area (Å²) in [5, 5.41) is 6.87. The number of nitrogens with zero attached hydrogens (tertiary/aromatic N) is 1. The standard InChI is InChI=1S/C25H29N3O4S/c1-5-6-7-16(2)24(29)28-25(33)27-17-8-10-18(11-9-17)32-21-12-13-26-20-15-23(31-4)22(30-3)14-19(20)21/h8-16H,5-7H2,1-4H3,(H2,27,28,29,33). The number of ether oxygens (including phenoxy) is 3. The molecule has 8 heteroatoms. The average molecular weight is 468 g/mol. The molecule has 174 valence electrons. The molecule has 0 saturated heterocycles. The van der Waals surface area contributed by atoms with Crippen molar-refractivity contribution < 1.29 is 19.0 Å². The third-order valence-electron chi connectivity index (χ3n) is 5.22. The molecule has 1 unspecified atom stereocenters. The number of methoxy groups -OCH3 is 2. The Balaban J connectivity index is 1.67. The Morgan fingerprint density at radius 2 is 1.76 bits per heavy atom. The maximum absolute atomic E-state index is 12.2. The van der Waals surface area contributed by atoms with Crippen LogP contribution < -0.4 is 24.8 Å². The number of fused-ring (bicyclic) bond motifs is 1. The van der Waals surface area contributed by atoms with Gasteiger partial charge in [-0.3, -0.25) is 9.78 Å². The lowest BCUT2D eigenvalue weighted by Crippen LogP contribution is -2.37. The topological polar surface area (TPSA) is 81.7 Å². The summed E-state index contributed by atoms with van der Waals surface area (Å²) in [5.41, 5.74) is 1.48. The van der Waals surface area contributed by atoms with Gasteiger partial charge >= 0.3 is 0 Å². The number of pyridine rings is 1. The number of benzene rings is 2. The fourth-order valence-electron chi connectivity index (χ4n) is 3.31. The number of anilines is 1. The quantitative estimate of drug-likeness (QED) is 0.392. The van der Waals surface area contributed by atoms with E-state index in [1.807, 2.05) is 43.3 Å². The summed E-state index contributed by atoms with van der Waals surface area (Å²) in [6.07, 6.45) is 4.61. The molecule has 0 aliphatic rings. The second-order valence-corrected chi connectivity index (χ2v) is 8.05. The normalized spacial score (nSPS) is 11.5. The highest BCUT2D eigenvalue weighted by molar-refractivity contribution is 7.80. The van der Waals surface area contributed by atoms with Crippen molar-refractivity contribution in [3.05, 3.63) is 48.7 Å². The lowest BCUT2D eigenvalue weighted by atomic mass is 10.0. The van der Waals surface area contributed by atoms with Crippen LogP contribution in [0.15, 0.2) is 48.7 Å². The zero-order valence-electron chi connectivity index (χ0n) is 19.3. The molecule has 33 heavy (non-hydrogen) atoms. The highest BCUT2D eigenvalue weighted by atomic mass is 32.1. The van der Waals surface area contributed by atoms with Gasteiger partial charge in [0, 0.05) is 29.3 Å². The molecule has 1 aromatic heterocycles. The number of carbonyl (C=O) groups is 1. The van der Waals surface area contributed by atoms with Gasteiger partial charge in [-0.1, -0.05) is 26.7 Å². The molecule has 0 aliphatic heterocycles. The summed E-state index contributed by atoms with van der Waals surface area (Å²) in [5.74, 6) is 2.35. The fraction of sp³-hybridized carbons (Fsp3) is 0.320. The summed E-state index contributed by atoms with van der Waals surface area (Å²) >= 11 is 5.28. The van der Waals surface area contributed by atoms with Gasteiger partial charge in [0.25, 0.3) is 0 Å². The van der Waals surface area contributed by atoms with Crippen molar-refractivity contribution >= 4 is 39.8 Å². The molecule has 1 amide bonds. The minimum absolute atomic E-state index is 0.0717. The van der Waals surface area contributed by atoms with Crippen LogP contribution in [-0.2, 0) is 4.79 Å². The first-order valence-electron chi connectivity index (χ1n) is 10.9. The van der Waals surface area contributed by atoms with E-state index in [4.69, 9.17) is 26.4 Å². The Morgan fingerprint density at radius 3 is 2.42 bits per heavy atom. The van der Waals surface area contributed by atoms with Crippen molar-refractivity contribution in [2.75, 3.05) is 19.5 Å². The number of rotatable bonds is 9. The Kier molecular flexibility index (Phi) is 8.43. The molecule has 3 rings (SSSR count). The number of amides is 1. The molecule has 2 aromatic carbocycles. The first kappa shape index (κ1) is 24.3. The highest BCUT2D eigenvalue weighted by Crippen LogP contribution is 2.36. The van der Waals surface area contributed by atoms with E-state index >= 15 is 0 Å². The number of nitrogens with one attached hydrogen (secondary N) is 2. The molecule has 0 radical (unpaired) electrons. The number of hydrogen-bond acceptors (Lipinski definition) is 6. The van der Waals surface area contributed by atoms with Gasteiger partial charge in [0.1, 0.15) is 11.5 Å². The largest absolute Gasteiger partial charge is 0.493 e. The number of aromatic nitrogens is 1. The van der Waals surface area contributed by atoms with Gasteiger partial charge in [-0.05, 0) is 55.0 Å². The van der Waals surface area contributed by atoms with Gasteiger partial charge in [0.2, 0.25) is 5.91 Å². The first-order chi connectivity index (χ1) is 15.9. The monoisotopic (exact) mass is 467 g/mol. The van der Waals surface area contributed by atoms with Crippen molar-refractivity contribution in [3.8, 4) is 23.0 Å². The van der Waals surface area contributed by atoms with Crippen LogP contribution in [0.3, 0.4) is 0 Å². The van der Waals surface area contributed by atoms with Crippen LogP contribution in [0.1, 0.15) is 33.1 Å². The van der Waals surface area contributed by atoms with E-state index in [0.29, 0.717) is 23.0 Å². The second-order valence-electron chi connectivity index (χ2n) is 7.65. The van der Waals surface area contributed by atoms with Crippen LogP contribution >= 0.6 is 12.2 Å². The average Bonchev–Trinajstić information content (AvgIpc) is 2.82. The van der Waals surface area contributed by atoms with Crippen LogP contribution in [0.25, 0.3) is 10.9 Å². The first-order valence-corrected chi connectivity index (χ1v) is 11.3. The minimum Gasteiger partial charge on any atom is -0.493 e. The lowest BCUT2D eigenvalue weighted by Gasteiger charge is -2.14. The smallest absolute Gasteiger partial charge is 0.228 e. The van der Waals surface area contributed by atoms with E-state index in [1.54, 1.807) is 26.5 Å². The molecule has 0 aliphatic carbocycles. The number of hydrogen-bond donors (Lipinski definition) is 2. The Labute approximate surface area is 199 Å². The third kappa shape index (κ3) is 6.32. The SMILES string of the molecule is CCCCC(C)C(=O)NC(=S)Nc1ccc(Oc2ccnc3cc(OC)c(OC)cc23)cc1. The summed E-state index contributed by atoms with van der Waals surface area (Å²) in [6, 6.07) is 12.8. The van der Waals surface area contributed by atoms with Gasteiger partial charge in [0.15, 0.2) is 16.6 Å². The van der Waals surface area contributed by atoms with Crippen molar-refractivity contribution in [3.63, 3.8) is 0 Å². The van der Waals surface area contributed by atoms with E-state index in [1.165, 1.54) is 0 Å². The van der Waals surface area contributed by atoms with E-state index in [9.17, 15) is 4.79 Å². The van der Waals surface area contributed by atoms with Gasteiger partial charge in [-0.15, -0.1) is 0 Å². The van der Waals surface area contributed by atoms with E-state index in [2.05, 4.69) is 22.5 Å². The van der Waals surface area contributed by atoms with Crippen LogP contribution in [0.4, 0.5) is 5.69 Å². The molecular formula is C25H29N3O4S. The van der Waals surface area contributed by atoms with E-state index in [0.717, 1.165) is 35.9 Å². The van der Waals surface area contributed by atoms with Crippen molar-refractivity contribution in [1.82, 2.24) is 10.3 Å². The number of carbonyl (C=O) groups excluding carboxylic acids is 1. The maximum Gasteiger partial charge on any atom is 0.228 e. The zero-order valence-corrected chi connectivity index (χ0v) is 20.1. The molecular weight excluding hydrogens is 438 g/mol. The van der Waals surface area contributed by atoms with E-state index < -0.39 is 0 Å². The van der Waals surface area contributed by atoms with Crippen molar-refractivity contribution in [2.24, 2.45) is 5.92 Å². The van der Waals surface area contributed by atoms with Gasteiger partial charge in [-0.25, -0.2) is 0 Å². The van der Waals surface area contributed by atoms with Gasteiger partial charge in [-0.2, -0.15) is 0 Å². The highest BCUT2D eigenvalue weighted by Gasteiger charge is 2.14. The number of unbranched alkanes of at least 4 members (excludes halogenated alkanes) is 1. The summed E-state index contributed by atoms with van der Waals surface area (Å²) in [7, 11) is 3.18. The molecule has 2 N–H and O–H groups in total. The lowest BCUT2D eigenvalue weighted by molar-refractivity contribution is -0.123. The fourth-order valence-corrected chi connectivity index (χ4v) is 3.53. The Hall–Kier alpha value is -3.39. The molecule has 1 atom stereocenters. The van der Waals surface area contributed by atoms with Gasteiger partial charge in [0.05, 0.1) is 19.7 Å². The predicted molar refractivity (Wildman–Crippen MR) is 134 cm³/mol. The molecule has 0 fully saturated rings. The van der Waals surface area contributed by atoms with Gasteiger partial charge < -0.3 is 24.8 Å². The minimum atomic E-state index is -0.0748. The van der Waals surface area contributed by atoms with Crippen LogP contribution in [0, 0.1) is 5.92 Å². The number of thiocarbonyl (C=S) groups is 1. The molecule has 0 spiro atoms. The van der Waals surface area contributed by atoms with Crippen molar-refractivity contribution in [1.29, 1.82) is 0 Å². The van der Waals surface area contributed by atoms with Crippen LogP contribution in [-0.4, -0.2) is 30.2 Å². The molecule has 3 aromatic rings. The Bertz CT molecular complexity index is 1120. The van der Waals surface area contributed by atoms with E-state index in [-0.39, 0.29) is 16.9 Å². The summed E-state index contributed by atoms with van der Waals surface area (Å²) in [6.45, 7) is 4.02.